The van der Waals surface area contributed by atoms with Crippen LogP contribution in [0.5, 0.6) is 0 Å². The van der Waals surface area contributed by atoms with Crippen molar-refractivity contribution >= 4 is 33.4 Å². The molecule has 0 saturated carbocycles. The van der Waals surface area contributed by atoms with Crippen molar-refractivity contribution in [1.29, 1.82) is 0 Å². The fraction of sp³-hybridized carbons (Fsp3) is 0.476. The van der Waals surface area contributed by atoms with E-state index in [0.29, 0.717) is 43.5 Å². The van der Waals surface area contributed by atoms with Crippen LogP contribution in [-0.2, 0) is 26.1 Å². The molecule has 0 unspecified atom stereocenters. The van der Waals surface area contributed by atoms with Gasteiger partial charge < -0.3 is 14.5 Å². The lowest BCUT2D eigenvalue weighted by Gasteiger charge is -2.29. The van der Waals surface area contributed by atoms with Crippen molar-refractivity contribution in [3.63, 3.8) is 0 Å². The van der Waals surface area contributed by atoms with Gasteiger partial charge in [-0.2, -0.15) is 4.31 Å². The number of hydrogen-bond donors (Lipinski definition) is 1. The second-order valence-corrected chi connectivity index (χ2v) is 10.7. The average Bonchev–Trinajstić information content (AvgIpc) is 3.24. The molecule has 168 valence electrons. The van der Waals surface area contributed by atoms with Gasteiger partial charge in [0, 0.05) is 42.7 Å². The number of nitrogens with one attached hydrogen (secondary N) is 1. The van der Waals surface area contributed by atoms with Crippen molar-refractivity contribution in [2.45, 2.75) is 23.3 Å². The summed E-state index contributed by atoms with van der Waals surface area (Å²) >= 11 is 1.56. The molecule has 0 spiro atoms. The number of anilines is 1. The fourth-order valence-electron chi connectivity index (χ4n) is 3.53. The Hall–Kier alpha value is -1.85. The molecule has 10 heteroatoms. The van der Waals surface area contributed by atoms with Crippen molar-refractivity contribution in [1.82, 2.24) is 9.21 Å². The first-order valence-corrected chi connectivity index (χ1v) is 12.8. The molecule has 0 radical (unpaired) electrons. The number of hydrogen-bond acceptors (Lipinski definition) is 7. The molecular formula is C21H27N3O5S2. The summed E-state index contributed by atoms with van der Waals surface area (Å²) in [6.07, 6.45) is 1.54. The minimum Gasteiger partial charge on any atom is -0.468 e. The fourth-order valence-corrected chi connectivity index (χ4v) is 5.96. The highest BCUT2D eigenvalue weighted by Crippen LogP contribution is 2.35. The normalized spacial score (nSPS) is 20.3. The zero-order valence-corrected chi connectivity index (χ0v) is 19.1. The number of carbonyl (C=O) groups excluding carboxylic acids is 1. The van der Waals surface area contributed by atoms with Gasteiger partial charge in [-0.1, -0.05) is 6.92 Å². The standard InChI is InChI=1S/C21H27N3O5S2/c1-16-15-30-20-5-4-18(13-19(20)22-21(16)25)31(26,27)24(14-17-3-2-10-29-17)7-6-23-8-11-28-12-9-23/h2-5,10,13,16H,6-9,11-12,14-15H2,1H3,(H,22,25)/t16-/m1/s1. The molecule has 1 saturated heterocycles. The summed E-state index contributed by atoms with van der Waals surface area (Å²) in [4.78, 5) is 15.5. The van der Waals surface area contributed by atoms with Crippen molar-refractivity contribution in [3.8, 4) is 0 Å². The summed E-state index contributed by atoms with van der Waals surface area (Å²) in [5.74, 6) is 1.01. The molecule has 31 heavy (non-hydrogen) atoms. The lowest BCUT2D eigenvalue weighted by molar-refractivity contribution is -0.118. The third kappa shape index (κ3) is 5.32. The predicted octanol–water partition coefficient (Wildman–Crippen LogP) is 2.48. The molecule has 8 nitrogen and oxygen atoms in total. The number of ether oxygens (including phenoxy) is 1. The van der Waals surface area contributed by atoms with Gasteiger partial charge in [0.2, 0.25) is 15.9 Å². The van der Waals surface area contributed by atoms with Crippen LogP contribution in [0.4, 0.5) is 5.69 Å². The zero-order valence-electron chi connectivity index (χ0n) is 17.5. The molecular weight excluding hydrogens is 438 g/mol. The van der Waals surface area contributed by atoms with E-state index in [2.05, 4.69) is 10.2 Å². The summed E-state index contributed by atoms with van der Waals surface area (Å²) in [7, 11) is -3.80. The number of benzene rings is 1. The molecule has 2 aliphatic rings. The lowest BCUT2D eigenvalue weighted by atomic mass is 10.2. The van der Waals surface area contributed by atoms with E-state index < -0.39 is 10.0 Å². The number of carbonyl (C=O) groups is 1. The van der Waals surface area contributed by atoms with Crippen LogP contribution in [0.3, 0.4) is 0 Å². The van der Waals surface area contributed by atoms with E-state index in [9.17, 15) is 13.2 Å². The van der Waals surface area contributed by atoms with Gasteiger partial charge in [0.25, 0.3) is 0 Å². The van der Waals surface area contributed by atoms with Gasteiger partial charge in [-0.15, -0.1) is 11.8 Å². The summed E-state index contributed by atoms with van der Waals surface area (Å²) < 4.78 is 39.4. The van der Waals surface area contributed by atoms with E-state index in [1.54, 1.807) is 48.4 Å². The first kappa shape index (κ1) is 22.3. The van der Waals surface area contributed by atoms with E-state index in [-0.39, 0.29) is 23.3 Å². The SMILES string of the molecule is C[C@@H]1CSc2ccc(S(=O)(=O)N(CCN3CCOCC3)Cc3ccco3)cc2NC1=O. The van der Waals surface area contributed by atoms with Crippen LogP contribution >= 0.6 is 11.8 Å². The number of amides is 1. The third-order valence-corrected chi connectivity index (χ3v) is 8.64. The van der Waals surface area contributed by atoms with E-state index in [4.69, 9.17) is 9.15 Å². The Morgan fingerprint density at radius 1 is 1.26 bits per heavy atom. The lowest BCUT2D eigenvalue weighted by Crippen LogP contribution is -2.42. The van der Waals surface area contributed by atoms with Crippen LogP contribution in [0, 0.1) is 5.92 Å². The second-order valence-electron chi connectivity index (χ2n) is 7.73. The molecule has 0 bridgehead atoms. The Labute approximate surface area is 187 Å². The van der Waals surface area contributed by atoms with Crippen molar-refractivity contribution in [2.24, 2.45) is 5.92 Å². The number of thioether (sulfide) groups is 1. The molecule has 1 N–H and O–H groups in total. The maximum atomic E-state index is 13.6. The zero-order chi connectivity index (χ0) is 21.8. The minimum atomic E-state index is -3.80. The molecule has 1 aromatic carbocycles. The number of fused-ring (bicyclic) bond motifs is 1. The molecule has 2 aliphatic heterocycles. The van der Waals surface area contributed by atoms with Crippen LogP contribution in [0.1, 0.15) is 12.7 Å². The molecule has 2 aromatic rings. The van der Waals surface area contributed by atoms with Gasteiger partial charge in [0.05, 0.1) is 36.6 Å². The monoisotopic (exact) mass is 465 g/mol. The summed E-state index contributed by atoms with van der Waals surface area (Å²) in [5, 5.41) is 2.87. The molecule has 4 rings (SSSR count). The maximum Gasteiger partial charge on any atom is 0.243 e. The van der Waals surface area contributed by atoms with E-state index in [1.165, 1.54) is 4.31 Å². The summed E-state index contributed by atoms with van der Waals surface area (Å²) in [5.41, 5.74) is 0.548. The molecule has 1 atom stereocenters. The topological polar surface area (TPSA) is 92.1 Å². The quantitative estimate of drug-likeness (QED) is 0.672. The molecule has 3 heterocycles. The van der Waals surface area contributed by atoms with Crippen molar-refractivity contribution in [2.75, 3.05) is 50.5 Å². The van der Waals surface area contributed by atoms with E-state index in [0.717, 1.165) is 18.0 Å². The predicted molar refractivity (Wildman–Crippen MR) is 119 cm³/mol. The van der Waals surface area contributed by atoms with Gasteiger partial charge in [0.15, 0.2) is 0 Å². The third-order valence-electron chi connectivity index (χ3n) is 5.46. The van der Waals surface area contributed by atoms with E-state index >= 15 is 0 Å². The van der Waals surface area contributed by atoms with Crippen LogP contribution in [0.15, 0.2) is 50.8 Å². The van der Waals surface area contributed by atoms with Crippen molar-refractivity contribution in [3.05, 3.63) is 42.4 Å². The van der Waals surface area contributed by atoms with Crippen LogP contribution < -0.4 is 5.32 Å². The Kier molecular flexibility index (Phi) is 7.02. The van der Waals surface area contributed by atoms with Crippen LogP contribution in [0.25, 0.3) is 0 Å². The Balaban J connectivity index is 1.58. The molecule has 1 amide bonds. The van der Waals surface area contributed by atoms with Gasteiger partial charge in [-0.25, -0.2) is 8.42 Å². The minimum absolute atomic E-state index is 0.0967. The number of furan rings is 1. The van der Waals surface area contributed by atoms with Crippen LogP contribution in [-0.4, -0.2) is 68.7 Å². The van der Waals surface area contributed by atoms with Gasteiger partial charge in [0.1, 0.15) is 5.76 Å². The first-order chi connectivity index (χ1) is 14.9. The first-order valence-electron chi connectivity index (χ1n) is 10.3. The number of rotatable bonds is 7. The Morgan fingerprint density at radius 3 is 2.81 bits per heavy atom. The molecule has 0 aliphatic carbocycles. The van der Waals surface area contributed by atoms with Crippen molar-refractivity contribution < 1.29 is 22.4 Å². The summed E-state index contributed by atoms with van der Waals surface area (Å²) in [6.45, 7) is 5.84. The van der Waals surface area contributed by atoms with E-state index in [1.807, 2.05) is 6.92 Å². The van der Waals surface area contributed by atoms with Gasteiger partial charge in [-0.3, -0.25) is 9.69 Å². The number of nitrogens with zero attached hydrogens (tertiary/aromatic N) is 2. The average molecular weight is 466 g/mol. The largest absolute Gasteiger partial charge is 0.468 e. The van der Waals surface area contributed by atoms with Gasteiger partial charge >= 0.3 is 0 Å². The number of morpholine rings is 1. The highest BCUT2D eigenvalue weighted by atomic mass is 32.2. The Morgan fingerprint density at radius 2 is 2.06 bits per heavy atom. The second kappa shape index (κ2) is 9.74. The maximum absolute atomic E-state index is 13.6. The smallest absolute Gasteiger partial charge is 0.243 e. The number of sulfonamides is 1. The van der Waals surface area contributed by atoms with Gasteiger partial charge in [-0.05, 0) is 30.3 Å². The highest BCUT2D eigenvalue weighted by Gasteiger charge is 2.28. The highest BCUT2D eigenvalue weighted by molar-refractivity contribution is 7.99. The molecule has 1 aromatic heterocycles. The molecule has 1 fully saturated rings. The van der Waals surface area contributed by atoms with Crippen LogP contribution in [0.2, 0.25) is 0 Å². The summed E-state index contributed by atoms with van der Waals surface area (Å²) in [6, 6.07) is 8.48. The Bertz CT molecular complexity index is 1000.